The van der Waals surface area contributed by atoms with Gasteiger partial charge in [0.2, 0.25) is 5.91 Å². The molecule has 0 aliphatic carbocycles. The second kappa shape index (κ2) is 9.13. The average molecular weight is 281 g/mol. The average Bonchev–Trinajstić information content (AvgIpc) is 2.36. The third-order valence-electron chi connectivity index (χ3n) is 2.79. The van der Waals surface area contributed by atoms with Crippen molar-refractivity contribution in [1.82, 2.24) is 5.32 Å². The topological polar surface area (TPSA) is 90.7 Å². The van der Waals surface area contributed by atoms with Gasteiger partial charge in [-0.1, -0.05) is 0 Å². The van der Waals surface area contributed by atoms with Crippen LogP contribution < -0.4 is 11.1 Å². The van der Waals surface area contributed by atoms with Gasteiger partial charge in [-0.05, 0) is 25.7 Å². The number of hydrogen-bond donors (Lipinski definition) is 2. The summed E-state index contributed by atoms with van der Waals surface area (Å²) in [5.74, 6) is -0.615. The lowest BCUT2D eigenvalue weighted by Crippen LogP contribution is -2.48. The molecule has 0 spiro atoms. The van der Waals surface area contributed by atoms with Gasteiger partial charge in [0.25, 0.3) is 0 Å². The van der Waals surface area contributed by atoms with Crippen LogP contribution in [0.3, 0.4) is 0 Å². The van der Waals surface area contributed by atoms with Gasteiger partial charge in [0.05, 0.1) is 12.6 Å². The van der Waals surface area contributed by atoms with E-state index in [2.05, 4.69) is 5.32 Å². The van der Waals surface area contributed by atoms with Crippen molar-refractivity contribution in [2.75, 3.05) is 26.4 Å². The summed E-state index contributed by atoms with van der Waals surface area (Å²) in [6, 6.07) is -0.576. The molecule has 6 nitrogen and oxygen atoms in total. The number of rotatable bonds is 5. The third kappa shape index (κ3) is 5.66. The molecule has 0 saturated carbocycles. The van der Waals surface area contributed by atoms with Gasteiger partial charge in [0.15, 0.2) is 0 Å². The van der Waals surface area contributed by atoms with E-state index in [1.54, 1.807) is 6.92 Å². The normalized spacial score (nSPS) is 17.4. The lowest BCUT2D eigenvalue weighted by molar-refractivity contribution is -0.143. The summed E-state index contributed by atoms with van der Waals surface area (Å²) < 4.78 is 9.90. The Bertz CT molecular complexity index is 270. The van der Waals surface area contributed by atoms with Crippen LogP contribution in [0.15, 0.2) is 0 Å². The number of esters is 1. The van der Waals surface area contributed by atoms with Gasteiger partial charge in [0.1, 0.15) is 6.54 Å². The van der Waals surface area contributed by atoms with E-state index in [0.29, 0.717) is 19.8 Å². The zero-order valence-corrected chi connectivity index (χ0v) is 11.3. The van der Waals surface area contributed by atoms with Gasteiger partial charge >= 0.3 is 5.97 Å². The first kappa shape index (κ1) is 17.2. The predicted octanol–water partition coefficient (Wildman–Crippen LogP) is -0.159. The summed E-state index contributed by atoms with van der Waals surface area (Å²) >= 11 is 0. The van der Waals surface area contributed by atoms with Crippen LogP contribution in [0.1, 0.15) is 19.8 Å². The number of carbonyl (C=O) groups excluding carboxylic acids is 2. The van der Waals surface area contributed by atoms with Crippen molar-refractivity contribution >= 4 is 24.3 Å². The van der Waals surface area contributed by atoms with Crippen molar-refractivity contribution in [2.24, 2.45) is 11.7 Å². The molecule has 1 rings (SSSR count). The minimum atomic E-state index is -0.576. The molecule has 1 amide bonds. The molecule has 1 saturated heterocycles. The molecule has 1 atom stereocenters. The Morgan fingerprint density at radius 3 is 2.61 bits per heavy atom. The van der Waals surface area contributed by atoms with Crippen molar-refractivity contribution in [2.45, 2.75) is 25.8 Å². The molecule has 0 bridgehead atoms. The SMILES string of the molecule is CCOC(=O)CNC(=O)C(N)C1CCOCC1.Cl. The fourth-order valence-corrected chi connectivity index (χ4v) is 1.78. The minimum absolute atomic E-state index is 0. The fourth-order valence-electron chi connectivity index (χ4n) is 1.78. The number of nitrogens with one attached hydrogen (secondary N) is 1. The van der Waals surface area contributed by atoms with Gasteiger partial charge < -0.3 is 20.5 Å². The molecular formula is C11H21ClN2O4. The molecular weight excluding hydrogens is 260 g/mol. The lowest BCUT2D eigenvalue weighted by Gasteiger charge is -2.26. The largest absolute Gasteiger partial charge is 0.465 e. The van der Waals surface area contributed by atoms with E-state index < -0.39 is 12.0 Å². The highest BCUT2D eigenvalue weighted by molar-refractivity contribution is 5.86. The zero-order valence-electron chi connectivity index (χ0n) is 10.5. The van der Waals surface area contributed by atoms with Gasteiger partial charge in [0, 0.05) is 13.2 Å². The summed E-state index contributed by atoms with van der Waals surface area (Å²) in [6.45, 7) is 3.19. The molecule has 1 heterocycles. The van der Waals surface area contributed by atoms with Crippen molar-refractivity contribution < 1.29 is 19.1 Å². The van der Waals surface area contributed by atoms with Crippen molar-refractivity contribution in [1.29, 1.82) is 0 Å². The Morgan fingerprint density at radius 2 is 2.06 bits per heavy atom. The maximum atomic E-state index is 11.7. The first-order valence-electron chi connectivity index (χ1n) is 5.91. The van der Waals surface area contributed by atoms with E-state index in [1.807, 2.05) is 0 Å². The van der Waals surface area contributed by atoms with E-state index in [1.165, 1.54) is 0 Å². The first-order chi connectivity index (χ1) is 8.15. The number of carbonyl (C=O) groups is 2. The van der Waals surface area contributed by atoms with Crippen molar-refractivity contribution in [3.8, 4) is 0 Å². The minimum Gasteiger partial charge on any atom is -0.465 e. The maximum Gasteiger partial charge on any atom is 0.325 e. The molecule has 0 aromatic carbocycles. The zero-order chi connectivity index (χ0) is 12.7. The molecule has 1 aliphatic rings. The first-order valence-corrected chi connectivity index (χ1v) is 5.91. The molecule has 0 radical (unpaired) electrons. The molecule has 106 valence electrons. The van der Waals surface area contributed by atoms with Crippen LogP contribution >= 0.6 is 12.4 Å². The number of amides is 1. The molecule has 0 aromatic heterocycles. The van der Waals surface area contributed by atoms with Crippen LogP contribution in [-0.2, 0) is 19.1 Å². The smallest absolute Gasteiger partial charge is 0.325 e. The van der Waals surface area contributed by atoms with Crippen molar-refractivity contribution in [3.05, 3.63) is 0 Å². The second-order valence-corrected chi connectivity index (χ2v) is 4.00. The van der Waals surface area contributed by atoms with Crippen LogP contribution in [0, 0.1) is 5.92 Å². The summed E-state index contributed by atoms with van der Waals surface area (Å²) in [5, 5.41) is 2.49. The summed E-state index contributed by atoms with van der Waals surface area (Å²) in [5.41, 5.74) is 5.83. The van der Waals surface area contributed by atoms with Crippen LogP contribution in [0.5, 0.6) is 0 Å². The highest BCUT2D eigenvalue weighted by Crippen LogP contribution is 2.17. The molecule has 1 fully saturated rings. The van der Waals surface area contributed by atoms with E-state index in [4.69, 9.17) is 15.2 Å². The Balaban J connectivity index is 0.00000289. The molecule has 3 N–H and O–H groups in total. The summed E-state index contributed by atoms with van der Waals surface area (Å²) in [4.78, 5) is 22.7. The molecule has 1 unspecified atom stereocenters. The third-order valence-corrected chi connectivity index (χ3v) is 2.79. The second-order valence-electron chi connectivity index (χ2n) is 4.00. The highest BCUT2D eigenvalue weighted by Gasteiger charge is 2.26. The van der Waals surface area contributed by atoms with Gasteiger partial charge in [-0.25, -0.2) is 0 Å². The Hall–Kier alpha value is -0.850. The fraction of sp³-hybridized carbons (Fsp3) is 0.818. The van der Waals surface area contributed by atoms with Crippen LogP contribution in [0.4, 0.5) is 0 Å². The predicted molar refractivity (Wildman–Crippen MR) is 68.4 cm³/mol. The molecule has 7 heteroatoms. The highest BCUT2D eigenvalue weighted by atomic mass is 35.5. The van der Waals surface area contributed by atoms with E-state index >= 15 is 0 Å². The van der Waals surface area contributed by atoms with Crippen LogP contribution in [0.2, 0.25) is 0 Å². The molecule has 1 aliphatic heterocycles. The van der Waals surface area contributed by atoms with Gasteiger partial charge in [-0.2, -0.15) is 0 Å². The molecule has 0 aromatic rings. The van der Waals surface area contributed by atoms with E-state index in [9.17, 15) is 9.59 Å². The van der Waals surface area contributed by atoms with Gasteiger partial charge in [-0.3, -0.25) is 9.59 Å². The monoisotopic (exact) mass is 280 g/mol. The number of halogens is 1. The Morgan fingerprint density at radius 1 is 1.44 bits per heavy atom. The Kier molecular flexibility index (Phi) is 8.70. The summed E-state index contributed by atoms with van der Waals surface area (Å²) in [7, 11) is 0. The lowest BCUT2D eigenvalue weighted by atomic mass is 9.92. The summed E-state index contributed by atoms with van der Waals surface area (Å²) in [6.07, 6.45) is 1.57. The standard InChI is InChI=1S/C11H20N2O4.ClH/c1-2-17-9(14)7-13-11(15)10(12)8-3-5-16-6-4-8;/h8,10H,2-7,12H2,1H3,(H,13,15);1H. The maximum absolute atomic E-state index is 11.7. The number of hydrogen-bond acceptors (Lipinski definition) is 5. The Labute approximate surface area is 113 Å². The molecule has 18 heavy (non-hydrogen) atoms. The number of ether oxygens (including phenoxy) is 2. The van der Waals surface area contributed by atoms with E-state index in [0.717, 1.165) is 12.8 Å². The quantitative estimate of drug-likeness (QED) is 0.683. The van der Waals surface area contributed by atoms with Crippen molar-refractivity contribution in [3.63, 3.8) is 0 Å². The number of nitrogens with two attached hydrogens (primary N) is 1. The van der Waals surface area contributed by atoms with Gasteiger partial charge in [-0.15, -0.1) is 12.4 Å². The van der Waals surface area contributed by atoms with E-state index in [-0.39, 0.29) is 30.8 Å². The van der Waals surface area contributed by atoms with Crippen LogP contribution in [0.25, 0.3) is 0 Å². The van der Waals surface area contributed by atoms with Crippen LogP contribution in [-0.4, -0.2) is 44.3 Å².